The van der Waals surface area contributed by atoms with Crippen LogP contribution in [0.1, 0.15) is 12.5 Å². The van der Waals surface area contributed by atoms with Crippen LogP contribution in [0.4, 0.5) is 0 Å². The molecule has 1 atom stereocenters. The minimum atomic E-state index is 0.501. The molecule has 0 saturated carbocycles. The SMILES string of the molecule is COCCOCCNC(C)Cc1ccsc1. The lowest BCUT2D eigenvalue weighted by Crippen LogP contribution is -2.31. The third-order valence-corrected chi connectivity index (χ3v) is 3.03. The highest BCUT2D eigenvalue weighted by Crippen LogP contribution is 2.08. The summed E-state index contributed by atoms with van der Waals surface area (Å²) in [6.07, 6.45) is 1.08. The number of hydrogen-bond acceptors (Lipinski definition) is 4. The second-order valence-electron chi connectivity index (χ2n) is 3.80. The summed E-state index contributed by atoms with van der Waals surface area (Å²) in [5, 5.41) is 7.76. The van der Waals surface area contributed by atoms with Gasteiger partial charge >= 0.3 is 0 Å². The molecule has 3 nitrogen and oxygen atoms in total. The van der Waals surface area contributed by atoms with Gasteiger partial charge in [-0.05, 0) is 35.7 Å². The van der Waals surface area contributed by atoms with Gasteiger partial charge in [0.1, 0.15) is 0 Å². The quantitative estimate of drug-likeness (QED) is 0.672. The zero-order valence-corrected chi connectivity index (χ0v) is 10.9. The molecular weight excluding hydrogens is 222 g/mol. The van der Waals surface area contributed by atoms with E-state index in [0.29, 0.717) is 19.3 Å². The lowest BCUT2D eigenvalue weighted by atomic mass is 10.1. The van der Waals surface area contributed by atoms with Gasteiger partial charge < -0.3 is 14.8 Å². The molecule has 1 aromatic rings. The van der Waals surface area contributed by atoms with Gasteiger partial charge in [0.05, 0.1) is 19.8 Å². The molecule has 1 N–H and O–H groups in total. The Hall–Kier alpha value is -0.420. The fourth-order valence-corrected chi connectivity index (χ4v) is 2.14. The number of rotatable bonds is 9. The largest absolute Gasteiger partial charge is 0.382 e. The number of methoxy groups -OCH3 is 1. The van der Waals surface area contributed by atoms with E-state index in [1.807, 2.05) is 0 Å². The maximum absolute atomic E-state index is 5.37. The van der Waals surface area contributed by atoms with Crippen LogP contribution >= 0.6 is 11.3 Å². The van der Waals surface area contributed by atoms with E-state index in [0.717, 1.165) is 19.6 Å². The third kappa shape index (κ3) is 6.23. The van der Waals surface area contributed by atoms with E-state index >= 15 is 0 Å². The lowest BCUT2D eigenvalue weighted by Gasteiger charge is -2.12. The maximum Gasteiger partial charge on any atom is 0.0700 e. The second kappa shape index (κ2) is 8.70. The predicted octanol–water partition coefficient (Wildman–Crippen LogP) is 1.93. The lowest BCUT2D eigenvalue weighted by molar-refractivity contribution is 0.0712. The van der Waals surface area contributed by atoms with Crippen LogP contribution in [-0.2, 0) is 15.9 Å². The molecule has 1 unspecified atom stereocenters. The van der Waals surface area contributed by atoms with Gasteiger partial charge in [-0.1, -0.05) is 0 Å². The molecule has 92 valence electrons. The van der Waals surface area contributed by atoms with Crippen LogP contribution < -0.4 is 5.32 Å². The molecule has 0 radical (unpaired) electrons. The molecule has 0 saturated heterocycles. The molecule has 16 heavy (non-hydrogen) atoms. The molecule has 4 heteroatoms. The summed E-state index contributed by atoms with van der Waals surface area (Å²) < 4.78 is 10.3. The van der Waals surface area contributed by atoms with Crippen molar-refractivity contribution in [3.8, 4) is 0 Å². The molecule has 0 aliphatic rings. The Labute approximate surface area is 102 Å². The summed E-state index contributed by atoms with van der Waals surface area (Å²) in [5.74, 6) is 0. The third-order valence-electron chi connectivity index (χ3n) is 2.29. The molecule has 1 aromatic heterocycles. The number of ether oxygens (including phenoxy) is 2. The van der Waals surface area contributed by atoms with Gasteiger partial charge in [0.25, 0.3) is 0 Å². The maximum atomic E-state index is 5.37. The van der Waals surface area contributed by atoms with Crippen molar-refractivity contribution in [2.24, 2.45) is 0 Å². The molecule has 0 aliphatic heterocycles. The Balaban J connectivity index is 1.96. The fourth-order valence-electron chi connectivity index (χ4n) is 1.46. The first-order valence-corrected chi connectivity index (χ1v) is 6.58. The van der Waals surface area contributed by atoms with E-state index in [1.165, 1.54) is 5.56 Å². The molecule has 1 heterocycles. The smallest absolute Gasteiger partial charge is 0.0700 e. The van der Waals surface area contributed by atoms with Crippen LogP contribution in [0.2, 0.25) is 0 Å². The van der Waals surface area contributed by atoms with Crippen LogP contribution in [-0.4, -0.2) is 39.5 Å². The van der Waals surface area contributed by atoms with Crippen molar-refractivity contribution in [1.82, 2.24) is 5.32 Å². The Kier molecular flexibility index (Phi) is 7.42. The minimum Gasteiger partial charge on any atom is -0.382 e. The van der Waals surface area contributed by atoms with Crippen molar-refractivity contribution in [3.05, 3.63) is 22.4 Å². The minimum absolute atomic E-state index is 0.501. The zero-order chi connectivity index (χ0) is 11.6. The van der Waals surface area contributed by atoms with Crippen molar-refractivity contribution in [3.63, 3.8) is 0 Å². The Bertz CT molecular complexity index is 252. The topological polar surface area (TPSA) is 30.5 Å². The molecule has 0 aliphatic carbocycles. The molecule has 0 aromatic carbocycles. The van der Waals surface area contributed by atoms with Crippen molar-refractivity contribution in [1.29, 1.82) is 0 Å². The van der Waals surface area contributed by atoms with Gasteiger partial charge in [-0.3, -0.25) is 0 Å². The molecule has 0 bridgehead atoms. The van der Waals surface area contributed by atoms with Crippen molar-refractivity contribution in [2.45, 2.75) is 19.4 Å². The number of hydrogen-bond donors (Lipinski definition) is 1. The van der Waals surface area contributed by atoms with E-state index in [9.17, 15) is 0 Å². The van der Waals surface area contributed by atoms with Gasteiger partial charge in [-0.25, -0.2) is 0 Å². The monoisotopic (exact) mass is 243 g/mol. The summed E-state index contributed by atoms with van der Waals surface area (Å²) in [7, 11) is 1.69. The van der Waals surface area contributed by atoms with Crippen molar-refractivity contribution in [2.75, 3.05) is 33.5 Å². The first-order valence-electron chi connectivity index (χ1n) is 5.64. The first kappa shape index (κ1) is 13.6. The molecule has 0 amide bonds. The van der Waals surface area contributed by atoms with Gasteiger partial charge in [-0.2, -0.15) is 11.3 Å². The van der Waals surface area contributed by atoms with Crippen LogP contribution in [0.25, 0.3) is 0 Å². The van der Waals surface area contributed by atoms with Crippen molar-refractivity contribution >= 4 is 11.3 Å². The van der Waals surface area contributed by atoms with E-state index < -0.39 is 0 Å². The van der Waals surface area contributed by atoms with Crippen LogP contribution in [0.5, 0.6) is 0 Å². The number of nitrogens with one attached hydrogen (secondary N) is 1. The normalized spacial score (nSPS) is 12.9. The Morgan fingerprint density at radius 3 is 2.94 bits per heavy atom. The zero-order valence-electron chi connectivity index (χ0n) is 10.1. The van der Waals surface area contributed by atoms with E-state index in [-0.39, 0.29) is 0 Å². The summed E-state index contributed by atoms with van der Waals surface area (Å²) in [5.41, 5.74) is 1.41. The molecule has 1 rings (SSSR count). The highest BCUT2D eigenvalue weighted by Gasteiger charge is 2.02. The first-order chi connectivity index (χ1) is 7.83. The van der Waals surface area contributed by atoms with Gasteiger partial charge in [-0.15, -0.1) is 0 Å². The molecule has 0 fully saturated rings. The highest BCUT2D eigenvalue weighted by atomic mass is 32.1. The number of thiophene rings is 1. The van der Waals surface area contributed by atoms with E-state index in [1.54, 1.807) is 18.4 Å². The molecular formula is C12H21NO2S. The second-order valence-corrected chi connectivity index (χ2v) is 4.58. The Morgan fingerprint density at radius 1 is 1.38 bits per heavy atom. The van der Waals surface area contributed by atoms with Gasteiger partial charge in [0.2, 0.25) is 0 Å². The van der Waals surface area contributed by atoms with E-state index in [2.05, 4.69) is 29.1 Å². The van der Waals surface area contributed by atoms with Crippen LogP contribution in [0.3, 0.4) is 0 Å². The summed E-state index contributed by atoms with van der Waals surface area (Å²) >= 11 is 1.75. The van der Waals surface area contributed by atoms with E-state index in [4.69, 9.17) is 9.47 Å². The summed E-state index contributed by atoms with van der Waals surface area (Å²) in [6.45, 7) is 5.20. The van der Waals surface area contributed by atoms with Crippen molar-refractivity contribution < 1.29 is 9.47 Å². The summed E-state index contributed by atoms with van der Waals surface area (Å²) in [4.78, 5) is 0. The van der Waals surface area contributed by atoms with Gasteiger partial charge in [0, 0.05) is 19.7 Å². The fraction of sp³-hybridized carbons (Fsp3) is 0.667. The molecule has 0 spiro atoms. The average molecular weight is 243 g/mol. The van der Waals surface area contributed by atoms with Gasteiger partial charge in [0.15, 0.2) is 0 Å². The standard InChI is InChI=1S/C12H21NO2S/c1-11(9-12-3-8-16-10-12)13-4-5-15-7-6-14-2/h3,8,10-11,13H,4-7,9H2,1-2H3. The predicted molar refractivity (Wildman–Crippen MR) is 68.2 cm³/mol. The van der Waals surface area contributed by atoms with Crippen LogP contribution in [0.15, 0.2) is 16.8 Å². The van der Waals surface area contributed by atoms with Crippen LogP contribution in [0, 0.1) is 0 Å². The highest BCUT2D eigenvalue weighted by molar-refractivity contribution is 7.07. The Morgan fingerprint density at radius 2 is 2.25 bits per heavy atom. The average Bonchev–Trinajstić information content (AvgIpc) is 2.76. The summed E-state index contributed by atoms with van der Waals surface area (Å²) in [6, 6.07) is 2.68.